The smallest absolute Gasteiger partial charge is 0.255 e. The van der Waals surface area contributed by atoms with E-state index in [-0.39, 0.29) is 11.7 Å². The third kappa shape index (κ3) is 3.83. The topological polar surface area (TPSA) is 87.7 Å². The van der Waals surface area contributed by atoms with Crippen LogP contribution >= 0.6 is 31.9 Å². The molecule has 0 aliphatic rings. The quantitative estimate of drug-likeness (QED) is 0.311. The molecule has 0 fully saturated rings. The molecule has 108 valence electrons. The molecule has 1 amide bonds. The van der Waals surface area contributed by atoms with Crippen molar-refractivity contribution in [1.29, 1.82) is 0 Å². The van der Waals surface area contributed by atoms with E-state index in [0.717, 1.165) is 8.95 Å². The number of hydrogen-bond donors (Lipinski definition) is 3. The molecular weight excluding hydrogens is 402 g/mol. The highest BCUT2D eigenvalue weighted by molar-refractivity contribution is 9.10. The number of carbonyl (C=O) groups is 1. The molecule has 0 bridgehead atoms. The fourth-order valence-electron chi connectivity index (χ4n) is 1.69. The standard InChI is InChI=1S/C14H11Br2N3O2/c15-9-3-1-8(2-4-9)14(20)18-12-6-5-10(16)7-11(12)13(17)19-21/h1-7,21H,(H2,17,19)(H,18,20). The van der Waals surface area contributed by atoms with Crippen molar-refractivity contribution in [2.24, 2.45) is 10.9 Å². The lowest BCUT2D eigenvalue weighted by atomic mass is 10.1. The molecule has 0 unspecified atom stereocenters. The second-order valence-electron chi connectivity index (χ2n) is 4.14. The van der Waals surface area contributed by atoms with Gasteiger partial charge in [0.05, 0.1) is 5.69 Å². The fourth-order valence-corrected chi connectivity index (χ4v) is 2.31. The van der Waals surface area contributed by atoms with E-state index in [0.29, 0.717) is 16.8 Å². The number of halogens is 2. The summed E-state index contributed by atoms with van der Waals surface area (Å²) in [5.41, 5.74) is 7.01. The number of amidine groups is 1. The predicted molar refractivity (Wildman–Crippen MR) is 88.7 cm³/mol. The summed E-state index contributed by atoms with van der Waals surface area (Å²) in [6, 6.07) is 12.0. The summed E-state index contributed by atoms with van der Waals surface area (Å²) in [5.74, 6) is -0.362. The third-order valence-electron chi connectivity index (χ3n) is 2.72. The SMILES string of the molecule is N/C(=N/O)c1cc(Br)ccc1NC(=O)c1ccc(Br)cc1. The van der Waals surface area contributed by atoms with Gasteiger partial charge in [0.2, 0.25) is 0 Å². The van der Waals surface area contributed by atoms with Crippen molar-refractivity contribution in [3.8, 4) is 0 Å². The van der Waals surface area contributed by atoms with Crippen LogP contribution in [0.15, 0.2) is 56.6 Å². The van der Waals surface area contributed by atoms with E-state index in [1.54, 1.807) is 42.5 Å². The lowest BCUT2D eigenvalue weighted by Gasteiger charge is -2.11. The van der Waals surface area contributed by atoms with E-state index in [4.69, 9.17) is 10.9 Å². The number of rotatable bonds is 3. The van der Waals surface area contributed by atoms with Crippen LogP contribution < -0.4 is 11.1 Å². The maximum atomic E-state index is 12.2. The summed E-state index contributed by atoms with van der Waals surface area (Å²) in [6.07, 6.45) is 0. The summed E-state index contributed by atoms with van der Waals surface area (Å²) in [5, 5.41) is 14.5. The first-order valence-electron chi connectivity index (χ1n) is 5.85. The molecule has 5 nitrogen and oxygen atoms in total. The Balaban J connectivity index is 2.31. The Labute approximate surface area is 138 Å². The molecule has 0 aromatic heterocycles. The molecule has 0 saturated heterocycles. The van der Waals surface area contributed by atoms with Crippen molar-refractivity contribution in [1.82, 2.24) is 0 Å². The van der Waals surface area contributed by atoms with Gasteiger partial charge in [-0.15, -0.1) is 0 Å². The van der Waals surface area contributed by atoms with Crippen molar-refractivity contribution in [3.05, 3.63) is 62.5 Å². The minimum Gasteiger partial charge on any atom is -0.409 e. The number of nitrogens with one attached hydrogen (secondary N) is 1. The number of nitrogens with zero attached hydrogens (tertiary/aromatic N) is 1. The maximum Gasteiger partial charge on any atom is 0.255 e. The molecule has 0 atom stereocenters. The highest BCUT2D eigenvalue weighted by Gasteiger charge is 2.12. The molecule has 2 rings (SSSR count). The second kappa shape index (κ2) is 6.73. The summed E-state index contributed by atoms with van der Waals surface area (Å²) in [4.78, 5) is 12.2. The van der Waals surface area contributed by atoms with Crippen LogP contribution in [0, 0.1) is 0 Å². The van der Waals surface area contributed by atoms with Gasteiger partial charge in [0.25, 0.3) is 5.91 Å². The number of carbonyl (C=O) groups excluding carboxylic acids is 1. The van der Waals surface area contributed by atoms with Crippen LogP contribution in [0.2, 0.25) is 0 Å². The lowest BCUT2D eigenvalue weighted by molar-refractivity contribution is 0.102. The summed E-state index contributed by atoms with van der Waals surface area (Å²) in [6.45, 7) is 0. The van der Waals surface area contributed by atoms with Crippen molar-refractivity contribution >= 4 is 49.3 Å². The molecule has 21 heavy (non-hydrogen) atoms. The average molecular weight is 413 g/mol. The Kier molecular flexibility index (Phi) is 4.98. The van der Waals surface area contributed by atoms with Crippen molar-refractivity contribution < 1.29 is 10.0 Å². The Morgan fingerprint density at radius 1 is 1.10 bits per heavy atom. The molecule has 2 aromatic rings. The average Bonchev–Trinajstić information content (AvgIpc) is 2.48. The molecular formula is C14H11Br2N3O2. The molecule has 4 N–H and O–H groups in total. The molecule has 0 spiro atoms. The van der Waals surface area contributed by atoms with Gasteiger partial charge in [-0.2, -0.15) is 0 Å². The highest BCUT2D eigenvalue weighted by atomic mass is 79.9. The van der Waals surface area contributed by atoms with Gasteiger partial charge in [0.15, 0.2) is 5.84 Å². The van der Waals surface area contributed by atoms with Crippen LogP contribution in [0.3, 0.4) is 0 Å². The van der Waals surface area contributed by atoms with Gasteiger partial charge in [-0.1, -0.05) is 37.0 Å². The van der Waals surface area contributed by atoms with Crippen LogP contribution in [0.4, 0.5) is 5.69 Å². The van der Waals surface area contributed by atoms with Gasteiger partial charge in [-0.25, -0.2) is 0 Å². The molecule has 7 heteroatoms. The minimum atomic E-state index is -0.281. The number of oxime groups is 1. The first-order chi connectivity index (χ1) is 10.0. The zero-order valence-corrected chi connectivity index (χ0v) is 13.8. The first-order valence-corrected chi connectivity index (χ1v) is 7.44. The summed E-state index contributed by atoms with van der Waals surface area (Å²) < 4.78 is 1.64. The number of benzene rings is 2. The molecule has 0 aliphatic carbocycles. The van der Waals surface area contributed by atoms with E-state index in [2.05, 4.69) is 42.3 Å². The van der Waals surface area contributed by atoms with Crippen LogP contribution in [0.25, 0.3) is 0 Å². The number of hydrogen-bond acceptors (Lipinski definition) is 3. The normalized spacial score (nSPS) is 11.2. The molecule has 0 heterocycles. The summed E-state index contributed by atoms with van der Waals surface area (Å²) in [7, 11) is 0. The zero-order valence-electron chi connectivity index (χ0n) is 10.7. The Hall–Kier alpha value is -1.86. The number of anilines is 1. The van der Waals surface area contributed by atoms with Crippen LogP contribution in [0.1, 0.15) is 15.9 Å². The van der Waals surface area contributed by atoms with Crippen LogP contribution in [0.5, 0.6) is 0 Å². The highest BCUT2D eigenvalue weighted by Crippen LogP contribution is 2.22. The monoisotopic (exact) mass is 411 g/mol. The third-order valence-corrected chi connectivity index (χ3v) is 3.74. The van der Waals surface area contributed by atoms with Crippen molar-refractivity contribution in [3.63, 3.8) is 0 Å². The minimum absolute atomic E-state index is 0.0811. The van der Waals surface area contributed by atoms with Gasteiger partial charge in [-0.3, -0.25) is 4.79 Å². The maximum absolute atomic E-state index is 12.2. The number of amides is 1. The van der Waals surface area contributed by atoms with Gasteiger partial charge < -0.3 is 16.3 Å². The van der Waals surface area contributed by atoms with Gasteiger partial charge in [-0.05, 0) is 42.5 Å². The van der Waals surface area contributed by atoms with Crippen molar-refractivity contribution in [2.75, 3.05) is 5.32 Å². The van der Waals surface area contributed by atoms with E-state index in [1.807, 2.05) is 0 Å². The first kappa shape index (κ1) is 15.5. The van der Waals surface area contributed by atoms with E-state index < -0.39 is 0 Å². The molecule has 2 aromatic carbocycles. The van der Waals surface area contributed by atoms with Gasteiger partial charge in [0, 0.05) is 20.1 Å². The van der Waals surface area contributed by atoms with E-state index in [1.165, 1.54) is 0 Å². The van der Waals surface area contributed by atoms with E-state index in [9.17, 15) is 4.79 Å². The zero-order chi connectivity index (χ0) is 15.4. The summed E-state index contributed by atoms with van der Waals surface area (Å²) >= 11 is 6.62. The Bertz CT molecular complexity index is 700. The lowest BCUT2D eigenvalue weighted by Crippen LogP contribution is -2.19. The van der Waals surface area contributed by atoms with Crippen LogP contribution in [-0.4, -0.2) is 17.0 Å². The second-order valence-corrected chi connectivity index (χ2v) is 5.97. The van der Waals surface area contributed by atoms with Gasteiger partial charge in [0.1, 0.15) is 0 Å². The molecule has 0 aliphatic heterocycles. The Morgan fingerprint density at radius 3 is 2.33 bits per heavy atom. The number of nitrogens with two attached hydrogens (primary N) is 1. The van der Waals surface area contributed by atoms with E-state index >= 15 is 0 Å². The largest absolute Gasteiger partial charge is 0.409 e. The predicted octanol–water partition coefficient (Wildman–Crippen LogP) is 3.56. The molecule has 0 saturated carbocycles. The van der Waals surface area contributed by atoms with Gasteiger partial charge >= 0.3 is 0 Å². The van der Waals surface area contributed by atoms with Crippen molar-refractivity contribution in [2.45, 2.75) is 0 Å². The van der Waals surface area contributed by atoms with Crippen LogP contribution in [-0.2, 0) is 0 Å². The fraction of sp³-hybridized carbons (Fsp3) is 0. The molecule has 0 radical (unpaired) electrons. The Morgan fingerprint density at radius 2 is 1.71 bits per heavy atom.